The van der Waals surface area contributed by atoms with Crippen molar-refractivity contribution in [3.63, 3.8) is 0 Å². The quantitative estimate of drug-likeness (QED) is 0.887. The molecule has 0 saturated heterocycles. The number of amides is 1. The molecule has 2 N–H and O–H groups in total. The topological polar surface area (TPSA) is 63.2 Å². The smallest absolute Gasteiger partial charge is 0.270 e. The summed E-state index contributed by atoms with van der Waals surface area (Å²) in [6, 6.07) is 9.13. The summed E-state index contributed by atoms with van der Waals surface area (Å²) in [4.78, 5) is 16.1. The molecule has 114 valence electrons. The second kappa shape index (κ2) is 6.23. The lowest BCUT2D eigenvalue weighted by Gasteiger charge is -2.11. The molecule has 1 fully saturated rings. The molecular formula is C16H16ClN3O2. The molecule has 0 bridgehead atoms. The van der Waals surface area contributed by atoms with Crippen molar-refractivity contribution in [2.75, 3.05) is 12.4 Å². The van der Waals surface area contributed by atoms with Crippen molar-refractivity contribution < 1.29 is 9.53 Å². The SMILES string of the molecule is COc1ccc(Cl)cc1Nc1ccc(C(=O)NC2CC2)nc1. The Morgan fingerprint density at radius 1 is 1.32 bits per heavy atom. The number of halogens is 1. The summed E-state index contributed by atoms with van der Waals surface area (Å²) in [7, 11) is 1.60. The molecule has 0 spiro atoms. The first-order valence-electron chi connectivity index (χ1n) is 7.03. The fraction of sp³-hybridized carbons (Fsp3) is 0.250. The molecule has 0 unspecified atom stereocenters. The van der Waals surface area contributed by atoms with Gasteiger partial charge in [-0.1, -0.05) is 11.6 Å². The molecule has 5 nitrogen and oxygen atoms in total. The Morgan fingerprint density at radius 2 is 2.14 bits per heavy atom. The highest BCUT2D eigenvalue weighted by atomic mass is 35.5. The summed E-state index contributed by atoms with van der Waals surface area (Å²) in [6.45, 7) is 0. The molecule has 6 heteroatoms. The summed E-state index contributed by atoms with van der Waals surface area (Å²) in [6.07, 6.45) is 3.72. The number of rotatable bonds is 5. The third kappa shape index (κ3) is 3.49. The number of aromatic nitrogens is 1. The Labute approximate surface area is 133 Å². The standard InChI is InChI=1S/C16H16ClN3O2/c1-22-15-7-2-10(17)8-14(15)19-12-5-6-13(18-9-12)16(21)20-11-3-4-11/h2,5-9,11,19H,3-4H2,1H3,(H,20,21). The third-order valence-electron chi connectivity index (χ3n) is 3.35. The minimum absolute atomic E-state index is 0.130. The van der Waals surface area contributed by atoms with E-state index in [-0.39, 0.29) is 5.91 Å². The number of nitrogens with zero attached hydrogens (tertiary/aromatic N) is 1. The van der Waals surface area contributed by atoms with Crippen LogP contribution < -0.4 is 15.4 Å². The monoisotopic (exact) mass is 317 g/mol. The van der Waals surface area contributed by atoms with Gasteiger partial charge in [-0.05, 0) is 43.2 Å². The van der Waals surface area contributed by atoms with Crippen molar-refractivity contribution in [1.29, 1.82) is 0 Å². The highest BCUT2D eigenvalue weighted by Gasteiger charge is 2.24. The van der Waals surface area contributed by atoms with E-state index in [1.165, 1.54) is 0 Å². The number of hydrogen-bond acceptors (Lipinski definition) is 4. The lowest BCUT2D eigenvalue weighted by Crippen LogP contribution is -2.26. The molecule has 22 heavy (non-hydrogen) atoms. The molecule has 1 aliphatic rings. The van der Waals surface area contributed by atoms with E-state index < -0.39 is 0 Å². The number of ether oxygens (including phenoxy) is 1. The van der Waals surface area contributed by atoms with Crippen molar-refractivity contribution in [1.82, 2.24) is 10.3 Å². The zero-order chi connectivity index (χ0) is 15.5. The first kappa shape index (κ1) is 14.7. The van der Waals surface area contributed by atoms with Crippen LogP contribution in [0.2, 0.25) is 5.02 Å². The maximum Gasteiger partial charge on any atom is 0.270 e. The molecule has 1 aromatic carbocycles. The van der Waals surface area contributed by atoms with Gasteiger partial charge in [-0.25, -0.2) is 4.98 Å². The van der Waals surface area contributed by atoms with Gasteiger partial charge in [0.15, 0.2) is 0 Å². The van der Waals surface area contributed by atoms with Gasteiger partial charge in [0, 0.05) is 11.1 Å². The number of pyridine rings is 1. The number of carbonyl (C=O) groups is 1. The Morgan fingerprint density at radius 3 is 2.77 bits per heavy atom. The van der Waals surface area contributed by atoms with Crippen LogP contribution in [0.15, 0.2) is 36.5 Å². The maximum atomic E-state index is 11.9. The van der Waals surface area contributed by atoms with Gasteiger partial charge in [0.05, 0.1) is 24.7 Å². The van der Waals surface area contributed by atoms with Gasteiger partial charge < -0.3 is 15.4 Å². The minimum atomic E-state index is -0.130. The van der Waals surface area contributed by atoms with Gasteiger partial charge in [-0.2, -0.15) is 0 Å². The van der Waals surface area contributed by atoms with E-state index >= 15 is 0 Å². The first-order chi connectivity index (χ1) is 10.7. The Hall–Kier alpha value is -2.27. The average Bonchev–Trinajstić information content (AvgIpc) is 3.32. The summed E-state index contributed by atoms with van der Waals surface area (Å²) < 4.78 is 5.28. The maximum absolute atomic E-state index is 11.9. The van der Waals surface area contributed by atoms with Crippen LogP contribution in [0.1, 0.15) is 23.3 Å². The van der Waals surface area contributed by atoms with Gasteiger partial charge >= 0.3 is 0 Å². The Bertz CT molecular complexity index is 684. The number of nitrogens with one attached hydrogen (secondary N) is 2. The molecule has 1 amide bonds. The molecule has 0 aliphatic heterocycles. The summed E-state index contributed by atoms with van der Waals surface area (Å²) in [5.74, 6) is 0.550. The van der Waals surface area contributed by atoms with Crippen LogP contribution in [0.25, 0.3) is 0 Å². The number of carbonyl (C=O) groups excluding carboxylic acids is 1. The highest BCUT2D eigenvalue weighted by Crippen LogP contribution is 2.30. The largest absolute Gasteiger partial charge is 0.495 e. The molecule has 1 aliphatic carbocycles. The van der Waals surface area contributed by atoms with Crippen LogP contribution >= 0.6 is 11.6 Å². The second-order valence-electron chi connectivity index (χ2n) is 5.15. The van der Waals surface area contributed by atoms with Crippen LogP contribution in [0.4, 0.5) is 11.4 Å². The number of methoxy groups -OCH3 is 1. The van der Waals surface area contributed by atoms with E-state index in [2.05, 4.69) is 15.6 Å². The predicted octanol–water partition coefficient (Wildman–Crippen LogP) is 3.38. The van der Waals surface area contributed by atoms with Gasteiger partial charge in [0.25, 0.3) is 5.91 Å². The Kier molecular flexibility index (Phi) is 4.15. The number of hydrogen-bond donors (Lipinski definition) is 2. The van der Waals surface area contributed by atoms with E-state index in [1.54, 1.807) is 43.6 Å². The minimum Gasteiger partial charge on any atom is -0.495 e. The van der Waals surface area contributed by atoms with Gasteiger partial charge in [-0.3, -0.25) is 4.79 Å². The van der Waals surface area contributed by atoms with E-state index in [9.17, 15) is 4.79 Å². The van der Waals surface area contributed by atoms with Crippen LogP contribution in [0.5, 0.6) is 5.75 Å². The molecule has 0 radical (unpaired) electrons. The van der Waals surface area contributed by atoms with Crippen molar-refractivity contribution in [3.8, 4) is 5.75 Å². The molecule has 1 aromatic heterocycles. The highest BCUT2D eigenvalue weighted by molar-refractivity contribution is 6.31. The van der Waals surface area contributed by atoms with E-state index in [0.717, 1.165) is 24.2 Å². The lowest BCUT2D eigenvalue weighted by atomic mass is 10.2. The number of benzene rings is 1. The summed E-state index contributed by atoms with van der Waals surface area (Å²) in [5.41, 5.74) is 1.91. The van der Waals surface area contributed by atoms with Crippen molar-refractivity contribution in [2.24, 2.45) is 0 Å². The van der Waals surface area contributed by atoms with Gasteiger partial charge in [-0.15, -0.1) is 0 Å². The molecule has 2 aromatic rings. The molecule has 0 atom stereocenters. The third-order valence-corrected chi connectivity index (χ3v) is 3.58. The first-order valence-corrected chi connectivity index (χ1v) is 7.41. The van der Waals surface area contributed by atoms with Crippen LogP contribution in [0, 0.1) is 0 Å². The van der Waals surface area contributed by atoms with E-state index in [0.29, 0.717) is 22.5 Å². The van der Waals surface area contributed by atoms with Crippen LogP contribution in [0.3, 0.4) is 0 Å². The lowest BCUT2D eigenvalue weighted by molar-refractivity contribution is 0.0946. The van der Waals surface area contributed by atoms with E-state index in [4.69, 9.17) is 16.3 Å². The summed E-state index contributed by atoms with van der Waals surface area (Å²) in [5, 5.41) is 6.69. The van der Waals surface area contributed by atoms with Crippen LogP contribution in [-0.2, 0) is 0 Å². The Balaban J connectivity index is 1.73. The molecule has 3 rings (SSSR count). The van der Waals surface area contributed by atoms with Crippen molar-refractivity contribution in [2.45, 2.75) is 18.9 Å². The molecular weight excluding hydrogens is 302 g/mol. The molecule has 1 heterocycles. The van der Waals surface area contributed by atoms with Crippen molar-refractivity contribution >= 4 is 28.9 Å². The number of anilines is 2. The zero-order valence-corrected chi connectivity index (χ0v) is 12.9. The normalized spacial score (nSPS) is 13.5. The predicted molar refractivity (Wildman–Crippen MR) is 86.0 cm³/mol. The second-order valence-corrected chi connectivity index (χ2v) is 5.59. The van der Waals surface area contributed by atoms with Crippen LogP contribution in [-0.4, -0.2) is 24.0 Å². The van der Waals surface area contributed by atoms with E-state index in [1.807, 2.05) is 0 Å². The van der Waals surface area contributed by atoms with Crippen molar-refractivity contribution in [3.05, 3.63) is 47.2 Å². The fourth-order valence-electron chi connectivity index (χ4n) is 2.02. The summed E-state index contributed by atoms with van der Waals surface area (Å²) >= 11 is 6.00. The average molecular weight is 318 g/mol. The van der Waals surface area contributed by atoms with Gasteiger partial charge in [0.1, 0.15) is 11.4 Å². The fourth-order valence-corrected chi connectivity index (χ4v) is 2.19. The van der Waals surface area contributed by atoms with Gasteiger partial charge in [0.2, 0.25) is 0 Å². The molecule has 1 saturated carbocycles. The zero-order valence-electron chi connectivity index (χ0n) is 12.1.